The van der Waals surface area contributed by atoms with Crippen LogP contribution in [0.5, 0.6) is 0 Å². The maximum absolute atomic E-state index is 12.8. The van der Waals surface area contributed by atoms with Crippen molar-refractivity contribution in [3.05, 3.63) is 60.7 Å². The van der Waals surface area contributed by atoms with Gasteiger partial charge in [-0.1, -0.05) is 0 Å². The number of nitro groups is 1. The van der Waals surface area contributed by atoms with Crippen molar-refractivity contribution in [1.29, 1.82) is 0 Å². The lowest BCUT2D eigenvalue weighted by Gasteiger charge is -2.08. The summed E-state index contributed by atoms with van der Waals surface area (Å²) in [6.07, 6.45) is 0. The number of hydrogen-bond donors (Lipinski definition) is 0. The molecule has 0 bridgehead atoms. The highest BCUT2D eigenvalue weighted by molar-refractivity contribution is 9.13. The van der Waals surface area contributed by atoms with Crippen LogP contribution in [0, 0.1) is 10.1 Å². The molecule has 124 valence electrons. The molecule has 0 saturated carbocycles. The highest BCUT2D eigenvalue weighted by atomic mass is 79.9. The van der Waals surface area contributed by atoms with Crippen molar-refractivity contribution in [1.82, 2.24) is 8.96 Å². The van der Waals surface area contributed by atoms with E-state index in [0.29, 0.717) is 14.5 Å². The molecule has 1 heterocycles. The minimum Gasteiger partial charge on any atom is -0.258 e. The normalized spacial score (nSPS) is 11.8. The average Bonchev–Trinajstić information content (AvgIpc) is 2.83. The van der Waals surface area contributed by atoms with Crippen molar-refractivity contribution >= 4 is 70.2 Å². The number of non-ortho nitro benzene ring substituents is 1. The van der Waals surface area contributed by atoms with E-state index in [-0.39, 0.29) is 21.4 Å². The molecule has 7 nitrogen and oxygen atoms in total. The molecule has 0 atom stereocenters. The van der Waals surface area contributed by atoms with Crippen LogP contribution in [0.25, 0.3) is 11.0 Å². The van der Waals surface area contributed by atoms with Gasteiger partial charge in [0.15, 0.2) is 0 Å². The molecule has 0 aliphatic rings. The predicted molar refractivity (Wildman–Crippen MR) is 95.8 cm³/mol. The number of aromatic nitrogens is 2. The first-order chi connectivity index (χ1) is 11.2. The van der Waals surface area contributed by atoms with Gasteiger partial charge in [0.2, 0.25) is 5.28 Å². The van der Waals surface area contributed by atoms with Crippen molar-refractivity contribution < 1.29 is 13.3 Å². The third-order valence-corrected chi connectivity index (χ3v) is 7.12. The summed E-state index contributed by atoms with van der Waals surface area (Å²) in [4.78, 5) is 14.0. The van der Waals surface area contributed by atoms with Crippen LogP contribution in [0.3, 0.4) is 0 Å². The molecular formula is C13H6Br2ClN3O4S. The largest absolute Gasteiger partial charge is 0.270 e. The minimum absolute atomic E-state index is 0.131. The van der Waals surface area contributed by atoms with Gasteiger partial charge in [-0.05, 0) is 67.7 Å². The van der Waals surface area contributed by atoms with Crippen LogP contribution in [-0.2, 0) is 10.0 Å². The van der Waals surface area contributed by atoms with Gasteiger partial charge in [0.25, 0.3) is 15.7 Å². The zero-order valence-electron chi connectivity index (χ0n) is 11.5. The van der Waals surface area contributed by atoms with Crippen LogP contribution in [-0.4, -0.2) is 22.3 Å². The van der Waals surface area contributed by atoms with E-state index in [0.717, 1.165) is 28.2 Å². The molecule has 0 aliphatic carbocycles. The second kappa shape index (κ2) is 6.10. The number of halogens is 3. The second-order valence-electron chi connectivity index (χ2n) is 4.66. The number of nitro benzene ring substituents is 1. The van der Waals surface area contributed by atoms with E-state index in [1.165, 1.54) is 0 Å². The molecule has 0 spiro atoms. The standard InChI is InChI=1S/C13H6Br2ClN3O4S/c14-9-5-11-12(6-10(9)15)18(13(16)17-11)24(22,23)8-3-1-7(2-4-8)19(20)21/h1-6H. The molecule has 11 heteroatoms. The molecule has 0 unspecified atom stereocenters. The van der Waals surface area contributed by atoms with E-state index in [1.54, 1.807) is 12.1 Å². The molecule has 3 rings (SSSR count). The molecule has 0 amide bonds. The number of nitrogens with zero attached hydrogens (tertiary/aromatic N) is 3. The van der Waals surface area contributed by atoms with E-state index in [9.17, 15) is 18.5 Å². The Bertz CT molecular complexity index is 1080. The van der Waals surface area contributed by atoms with Crippen LogP contribution in [0.4, 0.5) is 5.69 Å². The molecule has 1 aromatic heterocycles. The zero-order chi connectivity index (χ0) is 17.6. The molecule has 3 aromatic rings. The smallest absolute Gasteiger partial charge is 0.258 e. The third-order valence-electron chi connectivity index (χ3n) is 3.20. The van der Waals surface area contributed by atoms with Gasteiger partial charge in [0.05, 0.1) is 20.9 Å². The first-order valence-corrected chi connectivity index (χ1v) is 9.65. The van der Waals surface area contributed by atoms with Crippen LogP contribution in [0.15, 0.2) is 50.2 Å². The summed E-state index contributed by atoms with van der Waals surface area (Å²) < 4.78 is 27.9. The molecule has 0 N–H and O–H groups in total. The van der Waals surface area contributed by atoms with Gasteiger partial charge in [-0.3, -0.25) is 10.1 Å². The SMILES string of the molecule is O=[N+]([O-])c1ccc(S(=O)(=O)n2c(Cl)nc3cc(Br)c(Br)cc32)cc1. The summed E-state index contributed by atoms with van der Waals surface area (Å²) in [5.74, 6) is 0. The van der Waals surface area contributed by atoms with E-state index >= 15 is 0 Å². The number of rotatable bonds is 3. The van der Waals surface area contributed by atoms with Crippen LogP contribution >= 0.6 is 43.5 Å². The summed E-state index contributed by atoms with van der Waals surface area (Å²) in [6.45, 7) is 0. The fraction of sp³-hybridized carbons (Fsp3) is 0. The minimum atomic E-state index is -4.06. The summed E-state index contributed by atoms with van der Waals surface area (Å²) in [6, 6.07) is 7.75. The molecule has 0 saturated heterocycles. The van der Waals surface area contributed by atoms with E-state index in [1.807, 2.05) is 0 Å². The fourth-order valence-corrected chi connectivity index (χ4v) is 4.55. The second-order valence-corrected chi connectivity index (χ2v) is 8.49. The summed E-state index contributed by atoms with van der Waals surface area (Å²) >= 11 is 12.6. The quantitative estimate of drug-likeness (QED) is 0.398. The van der Waals surface area contributed by atoms with E-state index in [2.05, 4.69) is 36.8 Å². The lowest BCUT2D eigenvalue weighted by Crippen LogP contribution is -2.13. The monoisotopic (exact) mass is 493 g/mol. The Morgan fingerprint density at radius 2 is 1.71 bits per heavy atom. The van der Waals surface area contributed by atoms with Gasteiger partial charge in [-0.25, -0.2) is 17.4 Å². The van der Waals surface area contributed by atoms with Crippen molar-refractivity contribution in [2.45, 2.75) is 4.90 Å². The van der Waals surface area contributed by atoms with Crippen LogP contribution < -0.4 is 0 Å². The van der Waals surface area contributed by atoms with Gasteiger partial charge in [-0.2, -0.15) is 0 Å². The Hall–Kier alpha value is -1.49. The third kappa shape index (κ3) is 2.83. The van der Waals surface area contributed by atoms with Crippen LogP contribution in [0.1, 0.15) is 0 Å². The Morgan fingerprint density at radius 3 is 2.29 bits per heavy atom. The highest BCUT2D eigenvalue weighted by Gasteiger charge is 2.25. The average molecular weight is 496 g/mol. The molecule has 0 aliphatic heterocycles. The number of hydrogen-bond acceptors (Lipinski definition) is 5. The number of imidazole rings is 1. The van der Waals surface area contributed by atoms with E-state index in [4.69, 9.17) is 11.6 Å². The molecular weight excluding hydrogens is 489 g/mol. The maximum atomic E-state index is 12.8. The zero-order valence-corrected chi connectivity index (χ0v) is 16.2. The first-order valence-electron chi connectivity index (χ1n) is 6.25. The molecule has 0 radical (unpaired) electrons. The van der Waals surface area contributed by atoms with Crippen molar-refractivity contribution in [3.8, 4) is 0 Å². The highest BCUT2D eigenvalue weighted by Crippen LogP contribution is 2.32. The molecule has 0 fully saturated rings. The Balaban J connectivity index is 2.23. The summed E-state index contributed by atoms with van der Waals surface area (Å²) in [7, 11) is -4.06. The molecule has 2 aromatic carbocycles. The van der Waals surface area contributed by atoms with Gasteiger partial charge >= 0.3 is 0 Å². The van der Waals surface area contributed by atoms with Crippen molar-refractivity contribution in [2.75, 3.05) is 0 Å². The van der Waals surface area contributed by atoms with Crippen molar-refractivity contribution in [2.24, 2.45) is 0 Å². The number of fused-ring (bicyclic) bond motifs is 1. The first kappa shape index (κ1) is 17.3. The lowest BCUT2D eigenvalue weighted by atomic mass is 10.3. The van der Waals surface area contributed by atoms with Gasteiger partial charge in [0.1, 0.15) is 0 Å². The predicted octanol–water partition coefficient (Wildman–Crippen LogP) is 4.36. The van der Waals surface area contributed by atoms with Gasteiger partial charge in [0, 0.05) is 21.1 Å². The summed E-state index contributed by atoms with van der Waals surface area (Å²) in [5.41, 5.74) is 0.469. The Morgan fingerprint density at radius 1 is 1.12 bits per heavy atom. The topological polar surface area (TPSA) is 95.1 Å². The van der Waals surface area contributed by atoms with Crippen molar-refractivity contribution in [3.63, 3.8) is 0 Å². The maximum Gasteiger partial charge on any atom is 0.270 e. The van der Waals surface area contributed by atoms with Crippen LogP contribution in [0.2, 0.25) is 5.28 Å². The van der Waals surface area contributed by atoms with Gasteiger partial charge in [-0.15, -0.1) is 0 Å². The lowest BCUT2D eigenvalue weighted by molar-refractivity contribution is -0.384. The number of benzene rings is 2. The summed E-state index contributed by atoms with van der Waals surface area (Å²) in [5, 5.41) is 10.5. The Labute approximate surface area is 157 Å². The molecule has 24 heavy (non-hydrogen) atoms. The fourth-order valence-electron chi connectivity index (χ4n) is 2.10. The Kier molecular flexibility index (Phi) is 4.41. The van der Waals surface area contributed by atoms with Gasteiger partial charge < -0.3 is 0 Å². The van der Waals surface area contributed by atoms with E-state index < -0.39 is 14.9 Å².